The Morgan fingerprint density at radius 1 is 0.941 bits per heavy atom. The van der Waals surface area contributed by atoms with Crippen molar-refractivity contribution in [1.29, 1.82) is 0 Å². The minimum Gasteiger partial charge on any atom is -0.345 e. The van der Waals surface area contributed by atoms with Crippen molar-refractivity contribution in [3.05, 3.63) is 76.7 Å². The number of carbonyl (C=O) groups excluding carboxylic acids is 1. The van der Waals surface area contributed by atoms with E-state index in [0.717, 1.165) is 50.8 Å². The first-order valence-electron chi connectivity index (χ1n) is 11.4. The van der Waals surface area contributed by atoms with Gasteiger partial charge in [-0.25, -0.2) is 9.97 Å². The molecule has 3 aromatic heterocycles. The molecule has 0 aliphatic carbocycles. The lowest BCUT2D eigenvalue weighted by Crippen LogP contribution is -2.48. The Morgan fingerprint density at radius 2 is 1.76 bits per heavy atom. The first kappa shape index (κ1) is 21.3. The van der Waals surface area contributed by atoms with Crippen molar-refractivity contribution in [1.82, 2.24) is 14.9 Å². The van der Waals surface area contributed by atoms with Gasteiger partial charge in [-0.2, -0.15) is 0 Å². The van der Waals surface area contributed by atoms with E-state index in [-0.39, 0.29) is 5.91 Å². The third kappa shape index (κ3) is 3.75. The number of thiazole rings is 1. The van der Waals surface area contributed by atoms with Crippen molar-refractivity contribution in [3.63, 3.8) is 0 Å². The zero-order chi connectivity index (χ0) is 23.2. The SMILES string of the molecule is Cc1cc(C)c2nc(N3CCN(C(=O)c4cc(-c5cccs5)nc5ccccc45)CC3)sc2c1. The Balaban J connectivity index is 1.26. The standard InChI is InChI=1S/C27H24N4OS2/c1-17-14-18(2)25-24(15-17)34-27(29-25)31-11-9-30(10-12-31)26(32)20-16-22(23-8-5-13-33-23)28-21-7-4-3-6-19(20)21/h3-8,13-16H,9-12H2,1-2H3. The molecule has 2 aromatic carbocycles. The van der Waals surface area contributed by atoms with Crippen LogP contribution in [0.2, 0.25) is 0 Å². The molecule has 1 aliphatic rings. The second kappa shape index (κ2) is 8.49. The van der Waals surface area contributed by atoms with Crippen molar-refractivity contribution < 1.29 is 4.79 Å². The van der Waals surface area contributed by atoms with Crippen LogP contribution in [0.25, 0.3) is 31.7 Å². The van der Waals surface area contributed by atoms with Crippen LogP contribution in [0, 0.1) is 13.8 Å². The number of nitrogens with zero attached hydrogens (tertiary/aromatic N) is 4. The lowest BCUT2D eigenvalue weighted by atomic mass is 10.1. The zero-order valence-electron chi connectivity index (χ0n) is 19.1. The predicted octanol–water partition coefficient (Wildman–Crippen LogP) is 6.15. The molecule has 0 unspecified atom stereocenters. The summed E-state index contributed by atoms with van der Waals surface area (Å²) in [5.41, 5.74) is 6.02. The Kier molecular flexibility index (Phi) is 5.31. The van der Waals surface area contributed by atoms with E-state index in [4.69, 9.17) is 9.97 Å². The molecule has 7 heteroatoms. The molecule has 1 saturated heterocycles. The summed E-state index contributed by atoms with van der Waals surface area (Å²) >= 11 is 3.39. The molecule has 1 amide bonds. The van der Waals surface area contributed by atoms with Gasteiger partial charge >= 0.3 is 0 Å². The van der Waals surface area contributed by atoms with E-state index in [1.807, 2.05) is 46.7 Å². The van der Waals surface area contributed by atoms with Crippen molar-refractivity contribution >= 4 is 54.8 Å². The maximum absolute atomic E-state index is 13.7. The maximum atomic E-state index is 13.7. The van der Waals surface area contributed by atoms with Gasteiger partial charge in [0.2, 0.25) is 0 Å². The number of hydrogen-bond acceptors (Lipinski definition) is 6. The van der Waals surface area contributed by atoms with Gasteiger partial charge in [0.1, 0.15) is 0 Å². The van der Waals surface area contributed by atoms with Crippen LogP contribution in [-0.2, 0) is 0 Å². The number of thiophene rings is 1. The van der Waals surface area contributed by atoms with Crippen molar-refractivity contribution in [2.45, 2.75) is 13.8 Å². The van der Waals surface area contributed by atoms with E-state index in [2.05, 4.69) is 36.9 Å². The summed E-state index contributed by atoms with van der Waals surface area (Å²) in [6.45, 7) is 7.17. The van der Waals surface area contributed by atoms with Crippen LogP contribution >= 0.6 is 22.7 Å². The number of pyridine rings is 1. The molecule has 0 atom stereocenters. The molecule has 4 heterocycles. The highest BCUT2D eigenvalue weighted by Crippen LogP contribution is 2.33. The third-order valence-electron chi connectivity index (χ3n) is 6.38. The lowest BCUT2D eigenvalue weighted by molar-refractivity contribution is 0.0748. The van der Waals surface area contributed by atoms with Gasteiger partial charge in [0.15, 0.2) is 5.13 Å². The van der Waals surface area contributed by atoms with E-state index in [1.54, 1.807) is 22.7 Å². The van der Waals surface area contributed by atoms with Gasteiger partial charge in [0.25, 0.3) is 5.91 Å². The second-order valence-electron chi connectivity index (χ2n) is 8.75. The first-order chi connectivity index (χ1) is 16.6. The van der Waals surface area contributed by atoms with Crippen LogP contribution in [0.5, 0.6) is 0 Å². The second-order valence-corrected chi connectivity index (χ2v) is 10.7. The van der Waals surface area contributed by atoms with Crippen LogP contribution in [0.1, 0.15) is 21.5 Å². The van der Waals surface area contributed by atoms with Gasteiger partial charge in [-0.15, -0.1) is 11.3 Å². The largest absolute Gasteiger partial charge is 0.345 e. The number of hydrogen-bond donors (Lipinski definition) is 0. The molecule has 0 radical (unpaired) electrons. The summed E-state index contributed by atoms with van der Waals surface area (Å²) in [6.07, 6.45) is 0. The molecule has 0 N–H and O–H groups in total. The average Bonchev–Trinajstić information content (AvgIpc) is 3.54. The van der Waals surface area contributed by atoms with E-state index in [9.17, 15) is 4.79 Å². The van der Waals surface area contributed by atoms with Gasteiger partial charge in [0.05, 0.1) is 31.9 Å². The number of piperazine rings is 1. The van der Waals surface area contributed by atoms with E-state index in [0.29, 0.717) is 13.1 Å². The molecule has 1 fully saturated rings. The third-order valence-corrected chi connectivity index (χ3v) is 8.33. The highest BCUT2D eigenvalue weighted by molar-refractivity contribution is 7.22. The summed E-state index contributed by atoms with van der Waals surface area (Å²) < 4.78 is 1.23. The molecule has 6 rings (SSSR count). The van der Waals surface area contributed by atoms with E-state index < -0.39 is 0 Å². The molecular weight excluding hydrogens is 460 g/mol. The Morgan fingerprint density at radius 3 is 2.56 bits per heavy atom. The molecule has 5 nitrogen and oxygen atoms in total. The first-order valence-corrected chi connectivity index (χ1v) is 13.1. The van der Waals surface area contributed by atoms with Crippen LogP contribution in [-0.4, -0.2) is 47.0 Å². The number of amides is 1. The van der Waals surface area contributed by atoms with Gasteiger partial charge in [-0.1, -0.05) is 41.7 Å². The number of aromatic nitrogens is 2. The number of anilines is 1. The normalized spacial score (nSPS) is 14.3. The minimum absolute atomic E-state index is 0.0758. The van der Waals surface area contributed by atoms with E-state index >= 15 is 0 Å². The quantitative estimate of drug-likeness (QED) is 0.308. The smallest absolute Gasteiger partial charge is 0.254 e. The van der Waals surface area contributed by atoms with Crippen molar-refractivity contribution in [2.75, 3.05) is 31.1 Å². The Hall–Kier alpha value is -3.29. The van der Waals surface area contributed by atoms with Gasteiger partial charge in [0, 0.05) is 31.6 Å². The number of benzene rings is 2. The molecular formula is C27H24N4OS2. The number of aryl methyl sites for hydroxylation is 2. The number of carbonyl (C=O) groups is 1. The Bertz CT molecular complexity index is 1520. The molecule has 1 aliphatic heterocycles. The highest BCUT2D eigenvalue weighted by Gasteiger charge is 2.26. The van der Waals surface area contributed by atoms with Gasteiger partial charge in [-0.3, -0.25) is 4.79 Å². The summed E-state index contributed by atoms with van der Waals surface area (Å²) in [5.74, 6) is 0.0758. The van der Waals surface area contributed by atoms with Gasteiger partial charge < -0.3 is 9.80 Å². The average molecular weight is 485 g/mol. The van der Waals surface area contributed by atoms with Crippen molar-refractivity contribution in [2.24, 2.45) is 0 Å². The topological polar surface area (TPSA) is 49.3 Å². The number of para-hydroxylation sites is 1. The van der Waals surface area contributed by atoms with E-state index in [1.165, 1.54) is 15.8 Å². The number of fused-ring (bicyclic) bond motifs is 2. The van der Waals surface area contributed by atoms with Crippen LogP contribution < -0.4 is 4.90 Å². The fourth-order valence-electron chi connectivity index (χ4n) is 4.67. The lowest BCUT2D eigenvalue weighted by Gasteiger charge is -2.34. The minimum atomic E-state index is 0.0758. The van der Waals surface area contributed by atoms with Crippen LogP contribution in [0.15, 0.2) is 60.0 Å². The summed E-state index contributed by atoms with van der Waals surface area (Å²) in [6, 6.07) is 18.4. The summed E-state index contributed by atoms with van der Waals surface area (Å²) in [4.78, 5) is 28.8. The zero-order valence-corrected chi connectivity index (χ0v) is 20.7. The fourth-order valence-corrected chi connectivity index (χ4v) is 6.55. The van der Waals surface area contributed by atoms with Crippen molar-refractivity contribution in [3.8, 4) is 10.6 Å². The summed E-state index contributed by atoms with van der Waals surface area (Å²) in [5, 5.41) is 4.00. The highest BCUT2D eigenvalue weighted by atomic mass is 32.1. The maximum Gasteiger partial charge on any atom is 0.254 e. The fraction of sp³-hybridized carbons (Fsp3) is 0.222. The molecule has 5 aromatic rings. The molecule has 170 valence electrons. The molecule has 0 bridgehead atoms. The molecule has 0 saturated carbocycles. The monoisotopic (exact) mass is 484 g/mol. The number of rotatable bonds is 3. The molecule has 0 spiro atoms. The van der Waals surface area contributed by atoms with Crippen LogP contribution in [0.4, 0.5) is 5.13 Å². The molecule has 34 heavy (non-hydrogen) atoms. The predicted molar refractivity (Wildman–Crippen MR) is 142 cm³/mol. The van der Waals surface area contributed by atoms with Gasteiger partial charge in [-0.05, 0) is 54.6 Å². The Labute approximate surface area is 206 Å². The summed E-state index contributed by atoms with van der Waals surface area (Å²) in [7, 11) is 0. The van der Waals surface area contributed by atoms with Crippen LogP contribution in [0.3, 0.4) is 0 Å².